The van der Waals surface area contributed by atoms with E-state index in [1.807, 2.05) is 25.2 Å². The molecule has 1 aromatic heterocycles. The standard InChI is InChI=1S/C16H22N2O/c1-12(2)7-6-10-17-14-11-16(19)18(3)15-9-5-4-8-13(14)15/h4-5,8-9,11-12,17H,6-7,10H2,1-3H3. The van der Waals surface area contributed by atoms with Crippen LogP contribution in [0.4, 0.5) is 5.69 Å². The highest BCUT2D eigenvalue weighted by atomic mass is 16.1. The number of rotatable bonds is 5. The maximum absolute atomic E-state index is 11.9. The monoisotopic (exact) mass is 258 g/mol. The minimum Gasteiger partial charge on any atom is -0.384 e. The maximum Gasteiger partial charge on any atom is 0.252 e. The zero-order valence-corrected chi connectivity index (χ0v) is 11.9. The first-order chi connectivity index (χ1) is 9.09. The summed E-state index contributed by atoms with van der Waals surface area (Å²) in [6, 6.07) is 9.70. The second-order valence-corrected chi connectivity index (χ2v) is 5.44. The Kier molecular flexibility index (Phi) is 4.25. The molecule has 0 spiro atoms. The molecule has 0 fully saturated rings. The topological polar surface area (TPSA) is 34.0 Å². The Morgan fingerprint density at radius 1 is 1.26 bits per heavy atom. The van der Waals surface area contributed by atoms with Crippen molar-refractivity contribution in [3.8, 4) is 0 Å². The van der Waals surface area contributed by atoms with Gasteiger partial charge in [-0.1, -0.05) is 32.0 Å². The fourth-order valence-electron chi connectivity index (χ4n) is 2.29. The van der Waals surface area contributed by atoms with Gasteiger partial charge in [0.1, 0.15) is 0 Å². The van der Waals surface area contributed by atoms with Crippen LogP contribution < -0.4 is 10.9 Å². The summed E-state index contributed by atoms with van der Waals surface area (Å²) in [7, 11) is 1.81. The summed E-state index contributed by atoms with van der Waals surface area (Å²) in [6.45, 7) is 5.37. The van der Waals surface area contributed by atoms with Gasteiger partial charge in [-0.15, -0.1) is 0 Å². The number of fused-ring (bicyclic) bond motifs is 1. The molecule has 1 heterocycles. The van der Waals surface area contributed by atoms with Crippen molar-refractivity contribution in [1.82, 2.24) is 4.57 Å². The van der Waals surface area contributed by atoms with E-state index in [2.05, 4.69) is 25.2 Å². The summed E-state index contributed by atoms with van der Waals surface area (Å²) in [5.74, 6) is 0.724. The Hall–Kier alpha value is -1.77. The van der Waals surface area contributed by atoms with E-state index >= 15 is 0 Å². The van der Waals surface area contributed by atoms with Crippen molar-refractivity contribution in [1.29, 1.82) is 0 Å². The molecule has 0 aliphatic heterocycles. The van der Waals surface area contributed by atoms with Crippen molar-refractivity contribution < 1.29 is 0 Å². The lowest BCUT2D eigenvalue weighted by Crippen LogP contribution is -2.17. The van der Waals surface area contributed by atoms with Crippen LogP contribution in [0.25, 0.3) is 10.9 Å². The number of hydrogen-bond acceptors (Lipinski definition) is 2. The molecular formula is C16H22N2O. The van der Waals surface area contributed by atoms with Crippen molar-refractivity contribution in [2.45, 2.75) is 26.7 Å². The summed E-state index contributed by atoms with van der Waals surface area (Å²) in [5, 5.41) is 4.50. The lowest BCUT2D eigenvalue weighted by molar-refractivity contribution is 0.567. The molecule has 1 aromatic carbocycles. The lowest BCUT2D eigenvalue weighted by atomic mass is 10.1. The number of pyridine rings is 1. The second-order valence-electron chi connectivity index (χ2n) is 5.44. The summed E-state index contributed by atoms with van der Waals surface area (Å²) in [6.07, 6.45) is 2.33. The van der Waals surface area contributed by atoms with Crippen molar-refractivity contribution in [3.63, 3.8) is 0 Å². The Labute approximate surface area is 114 Å². The molecule has 102 valence electrons. The molecular weight excluding hydrogens is 236 g/mol. The van der Waals surface area contributed by atoms with Gasteiger partial charge < -0.3 is 9.88 Å². The van der Waals surface area contributed by atoms with Gasteiger partial charge in [0.2, 0.25) is 0 Å². The molecule has 3 nitrogen and oxygen atoms in total. The van der Waals surface area contributed by atoms with Gasteiger partial charge in [0.05, 0.1) is 5.52 Å². The van der Waals surface area contributed by atoms with Crippen LogP contribution >= 0.6 is 0 Å². The van der Waals surface area contributed by atoms with Gasteiger partial charge in [-0.2, -0.15) is 0 Å². The molecule has 0 amide bonds. The van der Waals surface area contributed by atoms with Gasteiger partial charge in [0.15, 0.2) is 0 Å². The van der Waals surface area contributed by atoms with Crippen LogP contribution in [-0.4, -0.2) is 11.1 Å². The molecule has 0 aliphatic carbocycles. The highest BCUT2D eigenvalue weighted by Crippen LogP contribution is 2.20. The minimum atomic E-state index is 0.0325. The zero-order chi connectivity index (χ0) is 13.8. The van der Waals surface area contributed by atoms with Gasteiger partial charge in [-0.05, 0) is 24.8 Å². The van der Waals surface area contributed by atoms with E-state index in [-0.39, 0.29) is 5.56 Å². The van der Waals surface area contributed by atoms with Crippen LogP contribution in [0.1, 0.15) is 26.7 Å². The Morgan fingerprint density at radius 2 is 2.00 bits per heavy atom. The molecule has 3 heteroatoms. The largest absolute Gasteiger partial charge is 0.384 e. The van der Waals surface area contributed by atoms with Crippen LogP contribution in [0.2, 0.25) is 0 Å². The number of aromatic nitrogens is 1. The SMILES string of the molecule is CC(C)CCCNc1cc(=O)n(C)c2ccccc12. The van der Waals surface area contributed by atoms with Crippen molar-refractivity contribution >= 4 is 16.6 Å². The van der Waals surface area contributed by atoms with E-state index in [1.54, 1.807) is 10.6 Å². The molecule has 0 saturated heterocycles. The molecule has 0 saturated carbocycles. The molecule has 0 radical (unpaired) electrons. The van der Waals surface area contributed by atoms with Crippen LogP contribution in [-0.2, 0) is 7.05 Å². The van der Waals surface area contributed by atoms with Gasteiger partial charge in [0, 0.05) is 30.7 Å². The number of nitrogens with one attached hydrogen (secondary N) is 1. The van der Waals surface area contributed by atoms with E-state index in [0.717, 1.165) is 35.5 Å². The minimum absolute atomic E-state index is 0.0325. The second kappa shape index (κ2) is 5.91. The summed E-state index contributed by atoms with van der Waals surface area (Å²) >= 11 is 0. The average molecular weight is 258 g/mol. The molecule has 1 N–H and O–H groups in total. The van der Waals surface area contributed by atoms with Gasteiger partial charge >= 0.3 is 0 Å². The van der Waals surface area contributed by atoms with Crippen LogP contribution in [0.5, 0.6) is 0 Å². The third-order valence-corrected chi connectivity index (χ3v) is 3.43. The van der Waals surface area contributed by atoms with E-state index in [0.29, 0.717) is 0 Å². The predicted molar refractivity (Wildman–Crippen MR) is 81.8 cm³/mol. The first kappa shape index (κ1) is 13.7. The quantitative estimate of drug-likeness (QED) is 0.834. The van der Waals surface area contributed by atoms with Crippen LogP contribution in [0, 0.1) is 5.92 Å². The first-order valence-electron chi connectivity index (χ1n) is 6.92. The molecule has 2 aromatic rings. The molecule has 0 aliphatic rings. The van der Waals surface area contributed by atoms with Gasteiger partial charge in [-0.25, -0.2) is 0 Å². The van der Waals surface area contributed by atoms with E-state index in [9.17, 15) is 4.79 Å². The smallest absolute Gasteiger partial charge is 0.252 e. The molecule has 19 heavy (non-hydrogen) atoms. The zero-order valence-electron chi connectivity index (χ0n) is 11.9. The number of anilines is 1. The van der Waals surface area contributed by atoms with Crippen LogP contribution in [0.15, 0.2) is 35.1 Å². The first-order valence-corrected chi connectivity index (χ1v) is 6.92. The van der Waals surface area contributed by atoms with Gasteiger partial charge in [0.25, 0.3) is 5.56 Å². The predicted octanol–water partition coefficient (Wildman–Crippen LogP) is 3.39. The number of para-hydroxylation sites is 1. The summed E-state index contributed by atoms with van der Waals surface area (Å²) in [5.41, 5.74) is 1.95. The fraction of sp³-hybridized carbons (Fsp3) is 0.438. The van der Waals surface area contributed by atoms with Crippen molar-refractivity contribution in [2.24, 2.45) is 13.0 Å². The highest BCUT2D eigenvalue weighted by Gasteiger charge is 2.05. The Balaban J connectivity index is 2.23. The summed E-state index contributed by atoms with van der Waals surface area (Å²) < 4.78 is 1.69. The molecule has 0 atom stereocenters. The van der Waals surface area contributed by atoms with Gasteiger partial charge in [-0.3, -0.25) is 4.79 Å². The Bertz CT molecular complexity index is 614. The average Bonchev–Trinajstić information content (AvgIpc) is 2.40. The number of hydrogen-bond donors (Lipinski definition) is 1. The number of nitrogens with zero attached hydrogens (tertiary/aromatic N) is 1. The number of aryl methyl sites for hydroxylation is 1. The lowest BCUT2D eigenvalue weighted by Gasteiger charge is -2.12. The van der Waals surface area contributed by atoms with E-state index in [1.165, 1.54) is 6.42 Å². The third kappa shape index (κ3) is 3.16. The van der Waals surface area contributed by atoms with Crippen molar-refractivity contribution in [3.05, 3.63) is 40.7 Å². The molecule has 2 rings (SSSR count). The normalized spacial score (nSPS) is 11.2. The third-order valence-electron chi connectivity index (χ3n) is 3.43. The summed E-state index contributed by atoms with van der Waals surface area (Å²) in [4.78, 5) is 11.9. The highest BCUT2D eigenvalue weighted by molar-refractivity contribution is 5.91. The van der Waals surface area contributed by atoms with Crippen molar-refractivity contribution in [2.75, 3.05) is 11.9 Å². The van der Waals surface area contributed by atoms with E-state index in [4.69, 9.17) is 0 Å². The molecule has 0 unspecified atom stereocenters. The Morgan fingerprint density at radius 3 is 2.74 bits per heavy atom. The maximum atomic E-state index is 11.9. The van der Waals surface area contributed by atoms with Crippen LogP contribution in [0.3, 0.4) is 0 Å². The van der Waals surface area contributed by atoms with E-state index < -0.39 is 0 Å². The number of benzene rings is 1. The molecule has 0 bridgehead atoms. The fourth-order valence-corrected chi connectivity index (χ4v) is 2.29.